The van der Waals surface area contributed by atoms with Crippen molar-refractivity contribution in [3.8, 4) is 0 Å². The minimum Gasteiger partial charge on any atom is -0.466 e. The largest absolute Gasteiger partial charge is 0.466 e. The Morgan fingerprint density at radius 2 is 1.97 bits per heavy atom. The first-order valence-electron chi connectivity index (χ1n) is 10.3. The van der Waals surface area contributed by atoms with Crippen molar-refractivity contribution in [2.45, 2.75) is 59.9 Å². The maximum absolute atomic E-state index is 12.7. The number of methoxy groups -OCH3 is 1. The monoisotopic (exact) mass is 415 g/mol. The topological polar surface area (TPSA) is 87.7 Å². The summed E-state index contributed by atoms with van der Waals surface area (Å²) in [5.74, 6) is -0.570. The average molecular weight is 416 g/mol. The van der Waals surface area contributed by atoms with Crippen molar-refractivity contribution in [1.82, 2.24) is 10.2 Å². The zero-order chi connectivity index (χ0) is 22.5. The van der Waals surface area contributed by atoms with Gasteiger partial charge in [0.05, 0.1) is 18.7 Å². The Balaban J connectivity index is 2.37. The lowest BCUT2D eigenvalue weighted by molar-refractivity contribution is -0.136. The van der Waals surface area contributed by atoms with Gasteiger partial charge in [-0.25, -0.2) is 9.59 Å². The van der Waals surface area contributed by atoms with Crippen molar-refractivity contribution >= 4 is 23.6 Å². The quantitative estimate of drug-likeness (QED) is 0.647. The number of unbranched alkanes of at least 4 members (excludes halogenated alkanes) is 1. The highest BCUT2D eigenvalue weighted by atomic mass is 16.5. The second-order valence-electron chi connectivity index (χ2n) is 8.79. The predicted molar refractivity (Wildman–Crippen MR) is 117 cm³/mol. The van der Waals surface area contributed by atoms with E-state index >= 15 is 0 Å². The third-order valence-corrected chi connectivity index (χ3v) is 4.93. The van der Waals surface area contributed by atoms with Crippen molar-refractivity contribution in [1.29, 1.82) is 0 Å². The molecule has 3 amide bonds. The van der Waals surface area contributed by atoms with E-state index in [0.29, 0.717) is 35.5 Å². The lowest BCUT2D eigenvalue weighted by Crippen LogP contribution is -2.48. The summed E-state index contributed by atoms with van der Waals surface area (Å²) in [6, 6.07) is 6.28. The second-order valence-corrected chi connectivity index (χ2v) is 8.79. The van der Waals surface area contributed by atoms with Crippen LogP contribution in [0.25, 0.3) is 0 Å². The van der Waals surface area contributed by atoms with Gasteiger partial charge in [-0.2, -0.15) is 0 Å². The molecule has 0 radical (unpaired) electrons. The SMILES string of the molecule is CCCCN1C(=O)NC(c2cccc(NC(=O)CC(C)(C)C)c2)C(C(=O)OC)=C1C. The Kier molecular flexibility index (Phi) is 7.65. The molecule has 1 aliphatic rings. The molecule has 0 aromatic heterocycles. The van der Waals surface area contributed by atoms with E-state index in [-0.39, 0.29) is 17.4 Å². The highest BCUT2D eigenvalue weighted by Gasteiger charge is 2.36. The molecule has 0 aliphatic carbocycles. The van der Waals surface area contributed by atoms with Crippen molar-refractivity contribution < 1.29 is 19.1 Å². The number of nitrogens with one attached hydrogen (secondary N) is 2. The molecule has 7 nitrogen and oxygen atoms in total. The molecular weight excluding hydrogens is 382 g/mol. The van der Waals surface area contributed by atoms with Gasteiger partial charge >= 0.3 is 12.0 Å². The number of anilines is 1. The Labute approximate surface area is 178 Å². The molecule has 7 heteroatoms. The summed E-state index contributed by atoms with van der Waals surface area (Å²) >= 11 is 0. The molecule has 1 aromatic carbocycles. The van der Waals surface area contributed by atoms with Gasteiger partial charge in [-0.05, 0) is 36.5 Å². The number of carbonyl (C=O) groups excluding carboxylic acids is 3. The summed E-state index contributed by atoms with van der Waals surface area (Å²) in [6.07, 6.45) is 2.15. The molecule has 0 saturated carbocycles. The van der Waals surface area contributed by atoms with Gasteiger partial charge in [-0.3, -0.25) is 9.69 Å². The van der Waals surface area contributed by atoms with Gasteiger partial charge in [-0.1, -0.05) is 46.2 Å². The molecule has 1 atom stereocenters. The molecule has 0 fully saturated rings. The van der Waals surface area contributed by atoms with E-state index in [9.17, 15) is 14.4 Å². The van der Waals surface area contributed by atoms with Crippen LogP contribution in [0.1, 0.15) is 65.5 Å². The smallest absolute Gasteiger partial charge is 0.337 e. The van der Waals surface area contributed by atoms with Crippen molar-refractivity contribution in [2.75, 3.05) is 19.0 Å². The van der Waals surface area contributed by atoms with Gasteiger partial charge in [0.1, 0.15) is 0 Å². The standard InChI is InChI=1S/C23H33N3O4/c1-7-8-12-26-15(2)19(21(28)30-6)20(25-22(26)29)16-10-9-11-17(13-16)24-18(27)14-23(3,4)5/h9-11,13,20H,7-8,12,14H2,1-6H3,(H,24,27)(H,25,29). The molecule has 0 saturated heterocycles. The van der Waals surface area contributed by atoms with Crippen LogP contribution < -0.4 is 10.6 Å². The average Bonchev–Trinajstić information content (AvgIpc) is 2.65. The number of carbonyl (C=O) groups is 3. The van der Waals surface area contributed by atoms with Gasteiger partial charge in [0.2, 0.25) is 5.91 Å². The second kappa shape index (κ2) is 9.78. The first kappa shape index (κ1) is 23.4. The number of esters is 1. The maximum Gasteiger partial charge on any atom is 0.337 e. The Bertz CT molecular complexity index is 839. The van der Waals surface area contributed by atoms with Gasteiger partial charge < -0.3 is 15.4 Å². The minimum absolute atomic E-state index is 0.0852. The number of amides is 3. The van der Waals surface area contributed by atoms with Crippen LogP contribution in [0.5, 0.6) is 0 Å². The molecule has 0 bridgehead atoms. The fourth-order valence-corrected chi connectivity index (χ4v) is 3.47. The molecule has 164 valence electrons. The molecule has 1 aromatic rings. The minimum atomic E-state index is -0.651. The fourth-order valence-electron chi connectivity index (χ4n) is 3.47. The summed E-state index contributed by atoms with van der Waals surface area (Å²) < 4.78 is 5.01. The van der Waals surface area contributed by atoms with Crippen molar-refractivity contribution in [3.63, 3.8) is 0 Å². The highest BCUT2D eigenvalue weighted by molar-refractivity contribution is 5.95. The lowest BCUT2D eigenvalue weighted by atomic mass is 9.92. The third-order valence-electron chi connectivity index (χ3n) is 4.93. The van der Waals surface area contributed by atoms with Crippen LogP contribution in [-0.2, 0) is 14.3 Å². The Hall–Kier alpha value is -2.83. The molecule has 0 spiro atoms. The van der Waals surface area contributed by atoms with E-state index in [1.807, 2.05) is 33.8 Å². The number of hydrogen-bond donors (Lipinski definition) is 2. The number of benzene rings is 1. The summed E-state index contributed by atoms with van der Waals surface area (Å²) in [6.45, 7) is 10.3. The fraction of sp³-hybridized carbons (Fsp3) is 0.522. The zero-order valence-electron chi connectivity index (χ0n) is 18.8. The van der Waals surface area contributed by atoms with Crippen LogP contribution in [0.2, 0.25) is 0 Å². The maximum atomic E-state index is 12.7. The van der Waals surface area contributed by atoms with E-state index < -0.39 is 12.0 Å². The van der Waals surface area contributed by atoms with E-state index in [1.165, 1.54) is 7.11 Å². The summed E-state index contributed by atoms with van der Waals surface area (Å²) in [4.78, 5) is 39.2. The van der Waals surface area contributed by atoms with E-state index in [2.05, 4.69) is 10.6 Å². The lowest BCUT2D eigenvalue weighted by Gasteiger charge is -2.35. The molecule has 30 heavy (non-hydrogen) atoms. The van der Waals surface area contributed by atoms with E-state index in [4.69, 9.17) is 4.74 Å². The number of nitrogens with zero attached hydrogens (tertiary/aromatic N) is 1. The normalized spacial score (nSPS) is 16.9. The van der Waals surface area contributed by atoms with Gasteiger partial charge in [-0.15, -0.1) is 0 Å². The predicted octanol–water partition coefficient (Wildman–Crippen LogP) is 4.37. The molecule has 2 rings (SSSR count). The van der Waals surface area contributed by atoms with Crippen LogP contribution in [0.4, 0.5) is 10.5 Å². The molecule has 1 aliphatic heterocycles. The van der Waals surface area contributed by atoms with Gasteiger partial charge in [0.15, 0.2) is 0 Å². The van der Waals surface area contributed by atoms with Crippen LogP contribution in [0, 0.1) is 5.41 Å². The summed E-state index contributed by atoms with van der Waals surface area (Å²) in [7, 11) is 1.33. The number of allylic oxidation sites excluding steroid dienone is 1. The number of hydrogen-bond acceptors (Lipinski definition) is 4. The van der Waals surface area contributed by atoms with Crippen LogP contribution in [-0.4, -0.2) is 36.5 Å². The first-order valence-corrected chi connectivity index (χ1v) is 10.3. The number of urea groups is 1. The Morgan fingerprint density at radius 1 is 1.27 bits per heavy atom. The van der Waals surface area contributed by atoms with Gasteiger partial charge in [0.25, 0.3) is 0 Å². The highest BCUT2D eigenvalue weighted by Crippen LogP contribution is 2.32. The molecular formula is C23H33N3O4. The Morgan fingerprint density at radius 3 is 2.57 bits per heavy atom. The van der Waals surface area contributed by atoms with Crippen LogP contribution >= 0.6 is 0 Å². The van der Waals surface area contributed by atoms with Crippen LogP contribution in [0.3, 0.4) is 0 Å². The van der Waals surface area contributed by atoms with Crippen molar-refractivity contribution in [3.05, 3.63) is 41.1 Å². The van der Waals surface area contributed by atoms with Gasteiger partial charge in [0, 0.05) is 24.4 Å². The summed E-state index contributed by atoms with van der Waals surface area (Å²) in [5, 5.41) is 5.82. The van der Waals surface area contributed by atoms with E-state index in [0.717, 1.165) is 12.8 Å². The van der Waals surface area contributed by atoms with Crippen molar-refractivity contribution in [2.24, 2.45) is 5.41 Å². The van der Waals surface area contributed by atoms with Crippen LogP contribution in [0.15, 0.2) is 35.5 Å². The molecule has 1 heterocycles. The number of rotatable bonds is 7. The molecule has 2 N–H and O–H groups in total. The number of ether oxygens (including phenoxy) is 1. The third kappa shape index (κ3) is 5.84. The van der Waals surface area contributed by atoms with E-state index in [1.54, 1.807) is 30.0 Å². The molecule has 1 unspecified atom stereocenters. The first-order chi connectivity index (χ1) is 14.1. The zero-order valence-corrected chi connectivity index (χ0v) is 18.8. The summed E-state index contributed by atoms with van der Waals surface area (Å²) in [5.41, 5.74) is 2.18.